The first-order valence-corrected chi connectivity index (χ1v) is 12.3. The first kappa shape index (κ1) is 22.0. The van der Waals surface area contributed by atoms with Gasteiger partial charge in [0, 0.05) is 21.2 Å². The lowest BCUT2D eigenvalue weighted by molar-refractivity contribution is 0.0603. The van der Waals surface area contributed by atoms with E-state index in [1.54, 1.807) is 11.3 Å². The van der Waals surface area contributed by atoms with Gasteiger partial charge in [0.15, 0.2) is 0 Å². The van der Waals surface area contributed by atoms with Crippen molar-refractivity contribution in [2.75, 3.05) is 12.4 Å². The molecular weight excluding hydrogens is 464 g/mol. The third-order valence-corrected chi connectivity index (χ3v) is 7.36. The Morgan fingerprint density at radius 2 is 1.74 bits per heavy atom. The Morgan fingerprint density at radius 1 is 0.971 bits per heavy atom. The SMILES string of the molecule is COC(=O)c1c(-c2ccccc2)csc1NC(=O)c1cc(-c2ccc(C)s2)nc2ccccc12. The summed E-state index contributed by atoms with van der Waals surface area (Å²) in [5.41, 5.74) is 3.93. The summed E-state index contributed by atoms with van der Waals surface area (Å²) in [6.07, 6.45) is 0. The average molecular weight is 485 g/mol. The van der Waals surface area contributed by atoms with Crippen molar-refractivity contribution in [3.63, 3.8) is 0 Å². The number of pyridine rings is 1. The predicted molar refractivity (Wildman–Crippen MR) is 139 cm³/mol. The first-order valence-electron chi connectivity index (χ1n) is 10.6. The van der Waals surface area contributed by atoms with Crippen LogP contribution in [0.1, 0.15) is 25.6 Å². The van der Waals surface area contributed by atoms with Crippen molar-refractivity contribution in [3.8, 4) is 21.7 Å². The Kier molecular flexibility index (Phi) is 5.96. The molecule has 1 N–H and O–H groups in total. The number of hydrogen-bond acceptors (Lipinski definition) is 6. The van der Waals surface area contributed by atoms with Gasteiger partial charge in [-0.3, -0.25) is 4.79 Å². The maximum Gasteiger partial charge on any atom is 0.341 e. The zero-order chi connectivity index (χ0) is 23.7. The number of para-hydroxylation sites is 1. The lowest BCUT2D eigenvalue weighted by Gasteiger charge is -2.11. The number of anilines is 1. The number of carbonyl (C=O) groups excluding carboxylic acids is 2. The zero-order valence-electron chi connectivity index (χ0n) is 18.5. The topological polar surface area (TPSA) is 68.3 Å². The molecule has 0 atom stereocenters. The number of amides is 1. The van der Waals surface area contributed by atoms with Crippen LogP contribution in [0.25, 0.3) is 32.6 Å². The van der Waals surface area contributed by atoms with Gasteiger partial charge in [0.05, 0.1) is 28.8 Å². The van der Waals surface area contributed by atoms with Gasteiger partial charge in [0.25, 0.3) is 5.91 Å². The van der Waals surface area contributed by atoms with Crippen LogP contribution in [0, 0.1) is 6.92 Å². The van der Waals surface area contributed by atoms with Crippen molar-refractivity contribution < 1.29 is 14.3 Å². The van der Waals surface area contributed by atoms with E-state index in [-0.39, 0.29) is 5.91 Å². The number of rotatable bonds is 5. The van der Waals surface area contributed by atoms with Crippen LogP contribution in [0.3, 0.4) is 0 Å². The summed E-state index contributed by atoms with van der Waals surface area (Å²) in [7, 11) is 1.34. The van der Waals surface area contributed by atoms with E-state index in [2.05, 4.69) is 5.32 Å². The molecule has 1 amide bonds. The van der Waals surface area contributed by atoms with Crippen molar-refractivity contribution >= 4 is 50.5 Å². The molecule has 5 nitrogen and oxygen atoms in total. The Hall–Kier alpha value is -3.81. The molecule has 0 saturated heterocycles. The number of thiophene rings is 2. The molecule has 3 aromatic heterocycles. The minimum Gasteiger partial charge on any atom is -0.465 e. The highest BCUT2D eigenvalue weighted by Gasteiger charge is 2.23. The van der Waals surface area contributed by atoms with Crippen LogP contribution in [0.2, 0.25) is 0 Å². The van der Waals surface area contributed by atoms with E-state index in [0.717, 1.165) is 32.6 Å². The number of carbonyl (C=O) groups is 2. The van der Waals surface area contributed by atoms with E-state index in [4.69, 9.17) is 9.72 Å². The van der Waals surface area contributed by atoms with Gasteiger partial charge in [-0.05, 0) is 36.8 Å². The zero-order valence-corrected chi connectivity index (χ0v) is 20.1. The molecule has 0 aliphatic rings. The molecular formula is C27H20N2O3S2. The summed E-state index contributed by atoms with van der Waals surface area (Å²) in [4.78, 5) is 33.2. The highest BCUT2D eigenvalue weighted by atomic mass is 32.1. The number of fused-ring (bicyclic) bond motifs is 1. The molecule has 0 fully saturated rings. The molecule has 0 aliphatic carbocycles. The number of nitrogens with zero attached hydrogens (tertiary/aromatic N) is 1. The van der Waals surface area contributed by atoms with Crippen molar-refractivity contribution in [2.45, 2.75) is 6.92 Å². The van der Waals surface area contributed by atoms with E-state index in [0.29, 0.717) is 16.1 Å². The normalized spacial score (nSPS) is 10.9. The maximum atomic E-state index is 13.5. The van der Waals surface area contributed by atoms with Gasteiger partial charge in [0.2, 0.25) is 0 Å². The molecule has 0 saturated carbocycles. The minimum absolute atomic E-state index is 0.306. The molecule has 7 heteroatoms. The highest BCUT2D eigenvalue weighted by molar-refractivity contribution is 7.15. The number of benzene rings is 2. The fourth-order valence-corrected chi connectivity index (χ4v) is 5.60. The van der Waals surface area contributed by atoms with Crippen LogP contribution >= 0.6 is 22.7 Å². The number of methoxy groups -OCH3 is 1. The number of esters is 1. The molecule has 0 unspecified atom stereocenters. The average Bonchev–Trinajstić information content (AvgIpc) is 3.49. The van der Waals surface area contributed by atoms with Crippen LogP contribution in [0.15, 0.2) is 78.2 Å². The second kappa shape index (κ2) is 9.21. The molecule has 0 aliphatic heterocycles. The van der Waals surface area contributed by atoms with Gasteiger partial charge >= 0.3 is 5.97 Å². The number of hydrogen-bond donors (Lipinski definition) is 1. The fraction of sp³-hybridized carbons (Fsp3) is 0.0741. The van der Waals surface area contributed by atoms with Crippen LogP contribution in [-0.4, -0.2) is 24.0 Å². The third kappa shape index (κ3) is 4.11. The number of ether oxygens (including phenoxy) is 1. The van der Waals surface area contributed by atoms with Crippen molar-refractivity contribution in [2.24, 2.45) is 0 Å². The van der Waals surface area contributed by atoms with Crippen LogP contribution < -0.4 is 5.32 Å². The summed E-state index contributed by atoms with van der Waals surface area (Å²) in [5, 5.41) is 6.02. The Morgan fingerprint density at radius 3 is 2.47 bits per heavy atom. The highest BCUT2D eigenvalue weighted by Crippen LogP contribution is 2.37. The molecule has 3 heterocycles. The van der Waals surface area contributed by atoms with E-state index in [9.17, 15) is 9.59 Å². The maximum absolute atomic E-state index is 13.5. The minimum atomic E-state index is -0.496. The second-order valence-corrected chi connectivity index (χ2v) is 9.82. The second-order valence-electron chi connectivity index (χ2n) is 7.65. The fourth-order valence-electron chi connectivity index (χ4n) is 3.82. The first-order chi connectivity index (χ1) is 16.5. The molecule has 168 valence electrons. The van der Waals surface area contributed by atoms with E-state index >= 15 is 0 Å². The Balaban J connectivity index is 1.58. The van der Waals surface area contributed by atoms with Gasteiger partial charge in [-0.2, -0.15) is 0 Å². The van der Waals surface area contributed by atoms with Gasteiger partial charge in [-0.1, -0.05) is 48.5 Å². The molecule has 0 spiro atoms. The summed E-state index contributed by atoms with van der Waals surface area (Å²) < 4.78 is 5.04. The van der Waals surface area contributed by atoms with Crippen LogP contribution in [-0.2, 0) is 4.74 Å². The monoisotopic (exact) mass is 484 g/mol. The standard InChI is InChI=1S/C27H20N2O3S2/c1-16-12-13-23(34-16)22-14-19(18-10-6-7-11-21(18)28-22)25(30)29-26-24(27(31)32-2)20(15-33-26)17-8-4-3-5-9-17/h3-15H,1-2H3,(H,29,30). The Bertz CT molecular complexity index is 1520. The van der Waals surface area contributed by atoms with Crippen molar-refractivity contribution in [1.82, 2.24) is 4.98 Å². The number of aromatic nitrogens is 1. The van der Waals surface area contributed by atoms with Crippen LogP contribution in [0.4, 0.5) is 5.00 Å². The predicted octanol–water partition coefficient (Wildman–Crippen LogP) is 7.04. The number of nitrogens with one attached hydrogen (secondary N) is 1. The number of aryl methyl sites for hydroxylation is 1. The summed E-state index contributed by atoms with van der Waals surface area (Å²) in [5.74, 6) is -0.801. The molecule has 0 bridgehead atoms. The summed E-state index contributed by atoms with van der Waals surface area (Å²) >= 11 is 2.93. The van der Waals surface area contributed by atoms with Crippen molar-refractivity contribution in [3.05, 3.63) is 94.2 Å². The van der Waals surface area contributed by atoms with Crippen LogP contribution in [0.5, 0.6) is 0 Å². The van der Waals surface area contributed by atoms with E-state index in [1.807, 2.05) is 85.1 Å². The third-order valence-electron chi connectivity index (χ3n) is 5.45. The smallest absolute Gasteiger partial charge is 0.341 e. The largest absolute Gasteiger partial charge is 0.465 e. The molecule has 0 radical (unpaired) electrons. The Labute approximate surface area is 204 Å². The van der Waals surface area contributed by atoms with Gasteiger partial charge in [0.1, 0.15) is 10.6 Å². The van der Waals surface area contributed by atoms with Crippen molar-refractivity contribution in [1.29, 1.82) is 0 Å². The summed E-state index contributed by atoms with van der Waals surface area (Å²) in [6.45, 7) is 2.04. The quantitative estimate of drug-likeness (QED) is 0.272. The van der Waals surface area contributed by atoms with Gasteiger partial charge in [-0.25, -0.2) is 9.78 Å². The molecule has 5 rings (SSSR count). The van der Waals surface area contributed by atoms with E-state index < -0.39 is 5.97 Å². The molecule has 5 aromatic rings. The summed E-state index contributed by atoms with van der Waals surface area (Å²) in [6, 6.07) is 23.0. The molecule has 34 heavy (non-hydrogen) atoms. The lowest BCUT2D eigenvalue weighted by atomic mass is 10.0. The lowest BCUT2D eigenvalue weighted by Crippen LogP contribution is -2.15. The van der Waals surface area contributed by atoms with E-state index in [1.165, 1.54) is 23.3 Å². The van der Waals surface area contributed by atoms with Gasteiger partial charge < -0.3 is 10.1 Å². The van der Waals surface area contributed by atoms with Gasteiger partial charge in [-0.15, -0.1) is 22.7 Å². The molecule has 2 aromatic carbocycles.